The van der Waals surface area contributed by atoms with E-state index in [1.54, 1.807) is 23.1 Å². The molecular formula is C17H17BrN2OS3. The SMILES string of the molecule is CSCCn1c(=NC(=O)c2ccc(Br)s2)sc2c(C)cc(C)cc21. The van der Waals surface area contributed by atoms with E-state index < -0.39 is 0 Å². The molecule has 7 heteroatoms. The van der Waals surface area contributed by atoms with Gasteiger partial charge in [0.15, 0.2) is 4.80 Å². The molecule has 2 heterocycles. The lowest BCUT2D eigenvalue weighted by Crippen LogP contribution is -2.18. The van der Waals surface area contributed by atoms with Crippen molar-refractivity contribution in [3.05, 3.63) is 48.9 Å². The van der Waals surface area contributed by atoms with Crippen molar-refractivity contribution >= 4 is 66.5 Å². The van der Waals surface area contributed by atoms with E-state index in [0.717, 1.165) is 20.9 Å². The topological polar surface area (TPSA) is 34.4 Å². The maximum absolute atomic E-state index is 12.5. The molecule has 3 aromatic rings. The van der Waals surface area contributed by atoms with Crippen LogP contribution in [0.2, 0.25) is 0 Å². The van der Waals surface area contributed by atoms with Crippen molar-refractivity contribution in [1.82, 2.24) is 4.57 Å². The summed E-state index contributed by atoms with van der Waals surface area (Å²) in [5.41, 5.74) is 3.64. The number of benzene rings is 1. The van der Waals surface area contributed by atoms with Crippen molar-refractivity contribution in [3.8, 4) is 0 Å². The van der Waals surface area contributed by atoms with E-state index in [1.807, 2.05) is 12.1 Å². The molecule has 0 N–H and O–H groups in total. The van der Waals surface area contributed by atoms with Gasteiger partial charge >= 0.3 is 0 Å². The highest BCUT2D eigenvalue weighted by Gasteiger charge is 2.12. The first-order valence-corrected chi connectivity index (χ1v) is 11.3. The van der Waals surface area contributed by atoms with E-state index in [0.29, 0.717) is 4.88 Å². The summed E-state index contributed by atoms with van der Waals surface area (Å²) in [7, 11) is 0. The van der Waals surface area contributed by atoms with Gasteiger partial charge in [0.2, 0.25) is 0 Å². The van der Waals surface area contributed by atoms with Gasteiger partial charge in [0, 0.05) is 12.3 Å². The number of aryl methyl sites for hydroxylation is 3. The quantitative estimate of drug-likeness (QED) is 0.555. The number of carbonyl (C=O) groups excluding carboxylic acids is 1. The lowest BCUT2D eigenvalue weighted by Gasteiger charge is -2.05. The van der Waals surface area contributed by atoms with Gasteiger partial charge in [-0.05, 0) is 65.4 Å². The average Bonchev–Trinajstić information content (AvgIpc) is 3.10. The summed E-state index contributed by atoms with van der Waals surface area (Å²) in [6.07, 6.45) is 2.09. The first kappa shape index (κ1) is 17.9. The zero-order valence-electron chi connectivity index (χ0n) is 13.6. The lowest BCUT2D eigenvalue weighted by molar-refractivity contribution is 0.100. The summed E-state index contributed by atoms with van der Waals surface area (Å²) >= 11 is 8.21. The van der Waals surface area contributed by atoms with Gasteiger partial charge in [-0.1, -0.05) is 17.4 Å². The fourth-order valence-corrected chi connectivity index (χ4v) is 5.31. The van der Waals surface area contributed by atoms with Crippen LogP contribution in [0.4, 0.5) is 0 Å². The number of thioether (sulfide) groups is 1. The number of thiazole rings is 1. The largest absolute Gasteiger partial charge is 0.315 e. The Balaban J connectivity index is 2.17. The minimum absolute atomic E-state index is 0.176. The molecule has 0 aliphatic rings. The second-order valence-corrected chi connectivity index (χ2v) is 9.91. The normalized spacial score (nSPS) is 12.2. The maximum atomic E-state index is 12.5. The highest BCUT2D eigenvalue weighted by atomic mass is 79.9. The van der Waals surface area contributed by atoms with Gasteiger partial charge in [0.05, 0.1) is 18.9 Å². The number of thiophene rings is 1. The van der Waals surface area contributed by atoms with E-state index in [-0.39, 0.29) is 5.91 Å². The van der Waals surface area contributed by atoms with Crippen LogP contribution in [-0.2, 0) is 6.54 Å². The minimum Gasteiger partial charge on any atom is -0.315 e. The van der Waals surface area contributed by atoms with Crippen molar-refractivity contribution in [2.45, 2.75) is 20.4 Å². The maximum Gasteiger partial charge on any atom is 0.289 e. The van der Waals surface area contributed by atoms with Crippen LogP contribution in [0.5, 0.6) is 0 Å². The van der Waals surface area contributed by atoms with Gasteiger partial charge < -0.3 is 4.57 Å². The van der Waals surface area contributed by atoms with Gasteiger partial charge in [-0.15, -0.1) is 11.3 Å². The van der Waals surface area contributed by atoms with Gasteiger partial charge in [-0.3, -0.25) is 4.79 Å². The Labute approximate surface area is 161 Å². The van der Waals surface area contributed by atoms with Crippen LogP contribution in [-0.4, -0.2) is 22.5 Å². The van der Waals surface area contributed by atoms with E-state index >= 15 is 0 Å². The molecule has 0 bridgehead atoms. The first-order valence-electron chi connectivity index (χ1n) is 7.43. The molecule has 1 aromatic carbocycles. The monoisotopic (exact) mass is 440 g/mol. The summed E-state index contributed by atoms with van der Waals surface area (Å²) in [6.45, 7) is 5.07. The van der Waals surface area contributed by atoms with Crippen LogP contribution in [0.3, 0.4) is 0 Å². The van der Waals surface area contributed by atoms with Crippen molar-refractivity contribution in [2.75, 3.05) is 12.0 Å². The fraction of sp³-hybridized carbons (Fsp3) is 0.294. The van der Waals surface area contributed by atoms with Gasteiger partial charge in [-0.2, -0.15) is 16.8 Å². The molecule has 126 valence electrons. The van der Waals surface area contributed by atoms with Crippen molar-refractivity contribution in [3.63, 3.8) is 0 Å². The molecule has 2 aromatic heterocycles. The number of fused-ring (bicyclic) bond motifs is 1. The number of carbonyl (C=O) groups is 1. The van der Waals surface area contributed by atoms with Crippen molar-refractivity contribution in [2.24, 2.45) is 4.99 Å². The van der Waals surface area contributed by atoms with Crippen molar-refractivity contribution in [1.29, 1.82) is 0 Å². The minimum atomic E-state index is -0.176. The number of aromatic nitrogens is 1. The predicted octanol–water partition coefficient (Wildman–Crippen LogP) is 5.25. The van der Waals surface area contributed by atoms with Crippen LogP contribution in [0.15, 0.2) is 33.0 Å². The predicted molar refractivity (Wildman–Crippen MR) is 110 cm³/mol. The van der Waals surface area contributed by atoms with Crippen LogP contribution < -0.4 is 4.80 Å². The summed E-state index contributed by atoms with van der Waals surface area (Å²) in [5.74, 6) is 0.814. The molecule has 0 saturated heterocycles. The molecule has 24 heavy (non-hydrogen) atoms. The van der Waals surface area contributed by atoms with Gasteiger partial charge in [0.25, 0.3) is 5.91 Å². The molecule has 0 radical (unpaired) electrons. The van der Waals surface area contributed by atoms with E-state index in [1.165, 1.54) is 32.7 Å². The Morgan fingerprint density at radius 1 is 1.29 bits per heavy atom. The third kappa shape index (κ3) is 3.69. The van der Waals surface area contributed by atoms with Crippen LogP contribution in [0.25, 0.3) is 10.2 Å². The second kappa shape index (κ2) is 7.56. The van der Waals surface area contributed by atoms with Crippen LogP contribution in [0, 0.1) is 13.8 Å². The number of hydrogen-bond donors (Lipinski definition) is 0. The molecule has 0 aliphatic heterocycles. The Bertz CT molecular complexity index is 968. The number of amides is 1. The molecule has 3 nitrogen and oxygen atoms in total. The Kier molecular flexibility index (Phi) is 5.64. The van der Waals surface area contributed by atoms with Crippen LogP contribution in [0.1, 0.15) is 20.8 Å². The molecule has 0 spiro atoms. The third-order valence-corrected chi connectivity index (χ3v) is 7.05. The second-order valence-electron chi connectivity index (χ2n) is 5.48. The average molecular weight is 441 g/mol. The van der Waals surface area contributed by atoms with Crippen molar-refractivity contribution < 1.29 is 4.79 Å². The molecule has 0 saturated carbocycles. The number of halogens is 1. The standard InChI is InChI=1S/C17H17BrN2OS3/c1-10-8-11(2)15-12(9-10)20(6-7-22-3)17(24-15)19-16(21)13-4-5-14(18)23-13/h4-5,8-9H,6-7H2,1-3H3. The summed E-state index contributed by atoms with van der Waals surface area (Å²) in [6, 6.07) is 8.06. The molecule has 0 fully saturated rings. The first-order chi connectivity index (χ1) is 11.5. The zero-order chi connectivity index (χ0) is 17.3. The van der Waals surface area contributed by atoms with E-state index in [4.69, 9.17) is 0 Å². The molecular weight excluding hydrogens is 424 g/mol. The van der Waals surface area contributed by atoms with Gasteiger partial charge in [0.1, 0.15) is 0 Å². The number of nitrogens with zero attached hydrogens (tertiary/aromatic N) is 2. The zero-order valence-corrected chi connectivity index (χ0v) is 17.7. The highest BCUT2D eigenvalue weighted by Crippen LogP contribution is 2.25. The molecule has 1 amide bonds. The summed E-state index contributed by atoms with van der Waals surface area (Å²) in [5, 5.41) is 0. The highest BCUT2D eigenvalue weighted by molar-refractivity contribution is 9.11. The molecule has 0 atom stereocenters. The summed E-state index contributed by atoms with van der Waals surface area (Å²) < 4.78 is 4.33. The third-order valence-electron chi connectivity index (χ3n) is 3.61. The Morgan fingerprint density at radius 2 is 2.08 bits per heavy atom. The van der Waals surface area contributed by atoms with Crippen LogP contribution >= 0.6 is 50.4 Å². The lowest BCUT2D eigenvalue weighted by atomic mass is 10.1. The van der Waals surface area contributed by atoms with Gasteiger partial charge in [-0.25, -0.2) is 0 Å². The Morgan fingerprint density at radius 3 is 2.75 bits per heavy atom. The molecule has 0 aliphatic carbocycles. The molecule has 0 unspecified atom stereocenters. The number of rotatable bonds is 4. The van der Waals surface area contributed by atoms with E-state index in [2.05, 4.69) is 57.7 Å². The summed E-state index contributed by atoms with van der Waals surface area (Å²) in [4.78, 5) is 18.4. The smallest absolute Gasteiger partial charge is 0.289 e. The fourth-order valence-electron chi connectivity index (χ4n) is 2.57. The van der Waals surface area contributed by atoms with E-state index in [9.17, 15) is 4.79 Å². The molecule has 3 rings (SSSR count). The number of hydrogen-bond acceptors (Lipinski definition) is 4. The Hall–Kier alpha value is -0.890.